The lowest BCUT2D eigenvalue weighted by Gasteiger charge is -2.07. The minimum atomic E-state index is -0.335. The average molecular weight is 298 g/mol. The van der Waals surface area contributed by atoms with Crippen molar-refractivity contribution in [2.24, 2.45) is 0 Å². The fourth-order valence-electron chi connectivity index (χ4n) is 1.69. The monoisotopic (exact) mass is 298 g/mol. The molecule has 0 aliphatic rings. The van der Waals surface area contributed by atoms with Crippen LogP contribution in [0, 0.1) is 6.92 Å². The predicted molar refractivity (Wildman–Crippen MR) is 87.3 cm³/mol. The first kappa shape index (κ1) is 15.4. The molecule has 0 bridgehead atoms. The quantitative estimate of drug-likeness (QED) is 0.449. The van der Waals surface area contributed by atoms with Gasteiger partial charge in [0.2, 0.25) is 0 Å². The molecule has 0 aliphatic carbocycles. The fourth-order valence-corrected chi connectivity index (χ4v) is 2.48. The van der Waals surface area contributed by atoms with Gasteiger partial charge in [-0.15, -0.1) is 11.8 Å². The van der Waals surface area contributed by atoms with E-state index in [1.165, 1.54) is 5.56 Å². The van der Waals surface area contributed by atoms with E-state index < -0.39 is 0 Å². The maximum absolute atomic E-state index is 11.9. The molecule has 0 unspecified atom stereocenters. The molecule has 0 aliphatic heterocycles. The van der Waals surface area contributed by atoms with Gasteiger partial charge >= 0.3 is 5.97 Å². The summed E-state index contributed by atoms with van der Waals surface area (Å²) < 4.78 is 5.25. The normalized spacial score (nSPS) is 10.1. The van der Waals surface area contributed by atoms with Crippen LogP contribution >= 0.6 is 11.8 Å². The van der Waals surface area contributed by atoms with Gasteiger partial charge in [-0.1, -0.05) is 54.6 Å². The molecule has 0 atom stereocenters. The maximum atomic E-state index is 11.9. The SMILES string of the molecule is C=C(CSc1ccc(C)cc1)C(=O)OCc1ccccc1. The second-order valence-electron chi connectivity index (χ2n) is 4.77. The van der Waals surface area contributed by atoms with Crippen LogP contribution in [0.1, 0.15) is 11.1 Å². The van der Waals surface area contributed by atoms with Crippen molar-refractivity contribution in [3.8, 4) is 0 Å². The van der Waals surface area contributed by atoms with Gasteiger partial charge in [-0.2, -0.15) is 0 Å². The first-order chi connectivity index (χ1) is 10.1. The van der Waals surface area contributed by atoms with Crippen LogP contribution in [0.25, 0.3) is 0 Å². The highest BCUT2D eigenvalue weighted by molar-refractivity contribution is 7.99. The van der Waals surface area contributed by atoms with Crippen molar-refractivity contribution in [3.63, 3.8) is 0 Å². The standard InChI is InChI=1S/C18H18O2S/c1-14-8-10-17(11-9-14)21-13-15(2)18(19)20-12-16-6-4-3-5-7-16/h3-11H,2,12-13H2,1H3. The van der Waals surface area contributed by atoms with Crippen molar-refractivity contribution >= 4 is 17.7 Å². The lowest BCUT2D eigenvalue weighted by molar-refractivity contribution is -0.140. The Bertz CT molecular complexity index is 603. The molecule has 108 valence electrons. The molecule has 2 nitrogen and oxygen atoms in total. The van der Waals surface area contributed by atoms with Crippen LogP contribution in [0.3, 0.4) is 0 Å². The maximum Gasteiger partial charge on any atom is 0.334 e. The fraction of sp³-hybridized carbons (Fsp3) is 0.167. The first-order valence-electron chi connectivity index (χ1n) is 6.73. The number of carbonyl (C=O) groups is 1. The number of aryl methyl sites for hydroxylation is 1. The Morgan fingerprint density at radius 2 is 1.76 bits per heavy atom. The molecule has 0 heterocycles. The van der Waals surface area contributed by atoms with E-state index in [1.54, 1.807) is 11.8 Å². The predicted octanol–water partition coefficient (Wildman–Crippen LogP) is 4.39. The molecule has 0 amide bonds. The Labute approximate surface area is 129 Å². The van der Waals surface area contributed by atoms with Gasteiger partial charge in [-0.25, -0.2) is 4.79 Å². The Balaban J connectivity index is 1.77. The molecule has 3 heteroatoms. The van der Waals surface area contributed by atoms with Gasteiger partial charge in [-0.3, -0.25) is 0 Å². The van der Waals surface area contributed by atoms with Crippen LogP contribution in [-0.2, 0) is 16.1 Å². The van der Waals surface area contributed by atoms with Crippen molar-refractivity contribution in [1.82, 2.24) is 0 Å². The van der Waals surface area contributed by atoms with E-state index in [2.05, 4.69) is 18.7 Å². The van der Waals surface area contributed by atoms with Gasteiger partial charge in [0.05, 0.1) is 0 Å². The summed E-state index contributed by atoms with van der Waals surface area (Å²) >= 11 is 1.59. The van der Waals surface area contributed by atoms with Crippen molar-refractivity contribution in [2.75, 3.05) is 5.75 Å². The Morgan fingerprint density at radius 3 is 2.43 bits per heavy atom. The largest absolute Gasteiger partial charge is 0.457 e. The van der Waals surface area contributed by atoms with Crippen LogP contribution in [0.2, 0.25) is 0 Å². The Morgan fingerprint density at radius 1 is 1.10 bits per heavy atom. The summed E-state index contributed by atoms with van der Waals surface area (Å²) in [6.07, 6.45) is 0. The highest BCUT2D eigenvalue weighted by Gasteiger charge is 2.09. The molecule has 2 rings (SSSR count). The summed E-state index contributed by atoms with van der Waals surface area (Å²) in [4.78, 5) is 13.0. The molecular formula is C18H18O2S. The molecule has 0 fully saturated rings. The molecule has 0 radical (unpaired) electrons. The Kier molecular flexibility index (Phi) is 5.64. The number of rotatable bonds is 6. The minimum absolute atomic E-state index is 0.286. The lowest BCUT2D eigenvalue weighted by atomic mass is 10.2. The number of thioether (sulfide) groups is 1. The molecule has 0 spiro atoms. The molecule has 0 saturated carbocycles. The topological polar surface area (TPSA) is 26.3 Å². The van der Waals surface area contributed by atoms with Crippen molar-refractivity contribution in [1.29, 1.82) is 0 Å². The highest BCUT2D eigenvalue weighted by Crippen LogP contribution is 2.21. The summed E-state index contributed by atoms with van der Waals surface area (Å²) in [6.45, 7) is 6.14. The molecule has 2 aromatic carbocycles. The molecule has 0 N–H and O–H groups in total. The summed E-state index contributed by atoms with van der Waals surface area (Å²) in [6, 6.07) is 17.8. The van der Waals surface area contributed by atoms with Gasteiger partial charge in [0.15, 0.2) is 0 Å². The van der Waals surface area contributed by atoms with Crippen LogP contribution in [-0.4, -0.2) is 11.7 Å². The van der Waals surface area contributed by atoms with Crippen LogP contribution in [0.15, 0.2) is 71.6 Å². The summed E-state index contributed by atoms with van der Waals surface area (Å²) in [5.74, 6) is 0.204. The zero-order chi connectivity index (χ0) is 15.1. The summed E-state index contributed by atoms with van der Waals surface area (Å²) in [7, 11) is 0. The van der Waals surface area contributed by atoms with Crippen LogP contribution in [0.5, 0.6) is 0 Å². The van der Waals surface area contributed by atoms with Gasteiger partial charge in [0.1, 0.15) is 6.61 Å². The zero-order valence-electron chi connectivity index (χ0n) is 12.0. The van der Waals surface area contributed by atoms with Crippen molar-refractivity contribution in [2.45, 2.75) is 18.4 Å². The number of benzene rings is 2. The van der Waals surface area contributed by atoms with E-state index in [1.807, 2.05) is 49.4 Å². The summed E-state index contributed by atoms with van der Waals surface area (Å²) in [5.41, 5.74) is 2.68. The van der Waals surface area contributed by atoms with E-state index in [0.717, 1.165) is 10.5 Å². The van der Waals surface area contributed by atoms with Crippen LogP contribution in [0.4, 0.5) is 0 Å². The van der Waals surface area contributed by atoms with Gasteiger partial charge < -0.3 is 4.74 Å². The highest BCUT2D eigenvalue weighted by atomic mass is 32.2. The number of esters is 1. The Hall–Kier alpha value is -2.00. The van der Waals surface area contributed by atoms with Gasteiger partial charge in [0, 0.05) is 16.2 Å². The first-order valence-corrected chi connectivity index (χ1v) is 7.72. The third-order valence-corrected chi connectivity index (χ3v) is 4.03. The second-order valence-corrected chi connectivity index (χ2v) is 5.82. The van der Waals surface area contributed by atoms with Crippen molar-refractivity contribution in [3.05, 3.63) is 77.9 Å². The van der Waals surface area contributed by atoms with Gasteiger partial charge in [-0.05, 0) is 24.6 Å². The third kappa shape index (κ3) is 5.12. The van der Waals surface area contributed by atoms with E-state index in [9.17, 15) is 4.79 Å². The summed E-state index contributed by atoms with van der Waals surface area (Å²) in [5, 5.41) is 0. The second kappa shape index (κ2) is 7.70. The molecule has 0 saturated heterocycles. The van der Waals surface area contributed by atoms with E-state index in [4.69, 9.17) is 4.74 Å². The van der Waals surface area contributed by atoms with E-state index in [-0.39, 0.29) is 12.6 Å². The van der Waals surface area contributed by atoms with E-state index in [0.29, 0.717) is 11.3 Å². The van der Waals surface area contributed by atoms with Crippen LogP contribution < -0.4 is 0 Å². The lowest BCUT2D eigenvalue weighted by Crippen LogP contribution is -2.08. The van der Waals surface area contributed by atoms with Gasteiger partial charge in [0.25, 0.3) is 0 Å². The average Bonchev–Trinajstić information content (AvgIpc) is 2.52. The minimum Gasteiger partial charge on any atom is -0.457 e. The zero-order valence-corrected chi connectivity index (χ0v) is 12.9. The smallest absolute Gasteiger partial charge is 0.334 e. The molecular weight excluding hydrogens is 280 g/mol. The number of carbonyl (C=O) groups excluding carboxylic acids is 1. The third-order valence-electron chi connectivity index (χ3n) is 2.94. The number of hydrogen-bond donors (Lipinski definition) is 0. The number of hydrogen-bond acceptors (Lipinski definition) is 3. The molecule has 2 aromatic rings. The molecule has 21 heavy (non-hydrogen) atoms. The molecule has 0 aromatic heterocycles. The van der Waals surface area contributed by atoms with Crippen molar-refractivity contribution < 1.29 is 9.53 Å². The number of ether oxygens (including phenoxy) is 1. The van der Waals surface area contributed by atoms with E-state index >= 15 is 0 Å².